The third kappa shape index (κ3) is 1.52. The standard InChI is InChI=1S/C11H15N3O2/c1-7(9-12-4-5-13-9)14-8(15)6-11(2,3)10(14)16/h4-5,7H,6H2,1-3H3,(H,12,13). The number of nitrogens with zero attached hydrogens (tertiary/aromatic N) is 2. The summed E-state index contributed by atoms with van der Waals surface area (Å²) in [7, 11) is 0. The molecule has 1 fully saturated rings. The number of H-pyrrole nitrogens is 1. The molecule has 0 bridgehead atoms. The van der Waals surface area contributed by atoms with Gasteiger partial charge in [-0.3, -0.25) is 14.5 Å². The summed E-state index contributed by atoms with van der Waals surface area (Å²) in [6.45, 7) is 5.39. The molecule has 0 aromatic carbocycles. The second-order valence-corrected chi connectivity index (χ2v) is 4.78. The number of nitrogens with one attached hydrogen (secondary N) is 1. The largest absolute Gasteiger partial charge is 0.347 e. The number of hydrogen-bond acceptors (Lipinski definition) is 3. The van der Waals surface area contributed by atoms with Crippen molar-refractivity contribution in [1.82, 2.24) is 14.9 Å². The number of hydrogen-bond donors (Lipinski definition) is 1. The maximum absolute atomic E-state index is 12.0. The number of amides is 2. The summed E-state index contributed by atoms with van der Waals surface area (Å²) < 4.78 is 0. The molecule has 1 aliphatic heterocycles. The van der Waals surface area contributed by atoms with Crippen LogP contribution in [0.25, 0.3) is 0 Å². The number of imide groups is 1. The minimum absolute atomic E-state index is 0.124. The van der Waals surface area contributed by atoms with E-state index in [-0.39, 0.29) is 24.3 Å². The lowest BCUT2D eigenvalue weighted by atomic mass is 9.92. The molecule has 1 aliphatic rings. The highest BCUT2D eigenvalue weighted by molar-refractivity contribution is 6.05. The molecule has 2 amide bonds. The van der Waals surface area contributed by atoms with Crippen LogP contribution in [0.3, 0.4) is 0 Å². The Morgan fingerprint density at radius 3 is 2.62 bits per heavy atom. The molecule has 1 atom stereocenters. The van der Waals surface area contributed by atoms with Gasteiger partial charge in [-0.1, -0.05) is 13.8 Å². The van der Waals surface area contributed by atoms with Crippen molar-refractivity contribution in [3.8, 4) is 0 Å². The highest BCUT2D eigenvalue weighted by atomic mass is 16.2. The first kappa shape index (κ1) is 10.9. The van der Waals surface area contributed by atoms with Crippen molar-refractivity contribution in [1.29, 1.82) is 0 Å². The van der Waals surface area contributed by atoms with Crippen LogP contribution in [0.2, 0.25) is 0 Å². The lowest BCUT2D eigenvalue weighted by molar-refractivity contribution is -0.143. The zero-order chi connectivity index (χ0) is 11.9. The molecule has 0 radical (unpaired) electrons. The minimum atomic E-state index is -0.585. The van der Waals surface area contributed by atoms with Gasteiger partial charge in [0.15, 0.2) is 0 Å². The predicted octanol–water partition coefficient (Wildman–Crippen LogP) is 1.26. The van der Waals surface area contributed by atoms with Gasteiger partial charge in [0.1, 0.15) is 5.82 Å². The Labute approximate surface area is 93.9 Å². The quantitative estimate of drug-likeness (QED) is 0.764. The van der Waals surface area contributed by atoms with Gasteiger partial charge in [0.25, 0.3) is 0 Å². The molecule has 1 aromatic rings. The highest BCUT2D eigenvalue weighted by Gasteiger charge is 2.47. The van der Waals surface area contributed by atoms with Crippen molar-refractivity contribution >= 4 is 11.8 Å². The summed E-state index contributed by atoms with van der Waals surface area (Å²) in [6.07, 6.45) is 3.57. The SMILES string of the molecule is CC(c1ncc[nH]1)N1C(=O)CC(C)(C)C1=O. The molecule has 2 rings (SSSR count). The summed E-state index contributed by atoms with van der Waals surface area (Å²) in [5.74, 6) is 0.389. The lowest BCUT2D eigenvalue weighted by Crippen LogP contribution is -2.35. The van der Waals surface area contributed by atoms with Crippen LogP contribution in [0.1, 0.15) is 39.1 Å². The number of imidazole rings is 1. The maximum Gasteiger partial charge on any atom is 0.236 e. The van der Waals surface area contributed by atoms with Crippen LogP contribution in [0.5, 0.6) is 0 Å². The van der Waals surface area contributed by atoms with Crippen LogP contribution >= 0.6 is 0 Å². The molecule has 2 heterocycles. The fourth-order valence-corrected chi connectivity index (χ4v) is 2.00. The first-order valence-electron chi connectivity index (χ1n) is 5.29. The summed E-state index contributed by atoms with van der Waals surface area (Å²) in [4.78, 5) is 32.1. The van der Waals surface area contributed by atoms with E-state index in [4.69, 9.17) is 0 Å². The molecule has 1 N–H and O–H groups in total. The smallest absolute Gasteiger partial charge is 0.236 e. The Hall–Kier alpha value is -1.65. The summed E-state index contributed by atoms with van der Waals surface area (Å²) >= 11 is 0. The molecule has 0 spiro atoms. The van der Waals surface area contributed by atoms with Gasteiger partial charge >= 0.3 is 0 Å². The van der Waals surface area contributed by atoms with Gasteiger partial charge in [-0.05, 0) is 6.92 Å². The topological polar surface area (TPSA) is 66.1 Å². The number of aromatic amines is 1. The predicted molar refractivity (Wildman–Crippen MR) is 57.3 cm³/mol. The second kappa shape index (κ2) is 3.43. The van der Waals surface area contributed by atoms with Crippen molar-refractivity contribution in [2.75, 3.05) is 0 Å². The molecule has 1 unspecified atom stereocenters. The van der Waals surface area contributed by atoms with Gasteiger partial charge in [-0.15, -0.1) is 0 Å². The number of rotatable bonds is 2. The first-order chi connectivity index (χ1) is 7.43. The van der Waals surface area contributed by atoms with Gasteiger partial charge in [0.2, 0.25) is 11.8 Å². The van der Waals surface area contributed by atoms with Crippen molar-refractivity contribution < 1.29 is 9.59 Å². The van der Waals surface area contributed by atoms with E-state index in [1.807, 2.05) is 0 Å². The Kier molecular flexibility index (Phi) is 2.33. The average Bonchev–Trinajstić information content (AvgIpc) is 2.74. The van der Waals surface area contributed by atoms with Crippen LogP contribution in [0.4, 0.5) is 0 Å². The van der Waals surface area contributed by atoms with E-state index in [1.54, 1.807) is 33.2 Å². The van der Waals surface area contributed by atoms with E-state index in [2.05, 4.69) is 9.97 Å². The fraction of sp³-hybridized carbons (Fsp3) is 0.545. The first-order valence-corrected chi connectivity index (χ1v) is 5.29. The molecule has 16 heavy (non-hydrogen) atoms. The van der Waals surface area contributed by atoms with E-state index >= 15 is 0 Å². The number of aromatic nitrogens is 2. The Morgan fingerprint density at radius 1 is 1.50 bits per heavy atom. The zero-order valence-corrected chi connectivity index (χ0v) is 9.65. The van der Waals surface area contributed by atoms with Crippen molar-refractivity contribution in [2.45, 2.75) is 33.2 Å². The van der Waals surface area contributed by atoms with Crippen molar-refractivity contribution in [3.05, 3.63) is 18.2 Å². The third-order valence-electron chi connectivity index (χ3n) is 2.96. The van der Waals surface area contributed by atoms with E-state index in [1.165, 1.54) is 4.90 Å². The molecule has 5 heteroatoms. The normalized spacial score (nSPS) is 21.6. The molecular weight excluding hydrogens is 206 g/mol. The molecule has 0 saturated carbocycles. The van der Waals surface area contributed by atoms with Crippen LogP contribution < -0.4 is 0 Å². The van der Waals surface area contributed by atoms with E-state index < -0.39 is 5.41 Å². The van der Waals surface area contributed by atoms with Crippen molar-refractivity contribution in [2.24, 2.45) is 5.41 Å². The monoisotopic (exact) mass is 221 g/mol. The van der Waals surface area contributed by atoms with Crippen molar-refractivity contribution in [3.63, 3.8) is 0 Å². The van der Waals surface area contributed by atoms with Crippen LogP contribution in [0.15, 0.2) is 12.4 Å². The molecule has 86 valence electrons. The van der Waals surface area contributed by atoms with E-state index in [0.717, 1.165) is 0 Å². The lowest BCUT2D eigenvalue weighted by Gasteiger charge is -2.22. The summed E-state index contributed by atoms with van der Waals surface area (Å²) in [5, 5.41) is 0. The van der Waals surface area contributed by atoms with Gasteiger partial charge in [-0.2, -0.15) is 0 Å². The minimum Gasteiger partial charge on any atom is -0.347 e. The maximum atomic E-state index is 12.0. The Balaban J connectivity index is 2.29. The molecule has 1 aromatic heterocycles. The second-order valence-electron chi connectivity index (χ2n) is 4.78. The third-order valence-corrected chi connectivity index (χ3v) is 2.96. The van der Waals surface area contributed by atoms with E-state index in [0.29, 0.717) is 5.82 Å². The van der Waals surface area contributed by atoms with Crippen LogP contribution in [-0.4, -0.2) is 26.7 Å². The number of carbonyl (C=O) groups excluding carboxylic acids is 2. The molecular formula is C11H15N3O2. The average molecular weight is 221 g/mol. The van der Waals surface area contributed by atoms with E-state index in [9.17, 15) is 9.59 Å². The Bertz CT molecular complexity index is 422. The summed E-state index contributed by atoms with van der Waals surface area (Å²) in [5.41, 5.74) is -0.585. The molecule has 5 nitrogen and oxygen atoms in total. The summed E-state index contributed by atoms with van der Waals surface area (Å²) in [6, 6.07) is -0.322. The van der Waals surface area contributed by atoms with Gasteiger partial charge in [0, 0.05) is 18.8 Å². The van der Waals surface area contributed by atoms with Gasteiger partial charge in [-0.25, -0.2) is 4.98 Å². The van der Waals surface area contributed by atoms with Crippen LogP contribution in [-0.2, 0) is 9.59 Å². The van der Waals surface area contributed by atoms with Crippen LogP contribution in [0, 0.1) is 5.41 Å². The van der Waals surface area contributed by atoms with Gasteiger partial charge < -0.3 is 4.98 Å². The molecule has 1 saturated heterocycles. The molecule has 0 aliphatic carbocycles. The fourth-order valence-electron chi connectivity index (χ4n) is 2.00. The highest BCUT2D eigenvalue weighted by Crippen LogP contribution is 2.36. The zero-order valence-electron chi connectivity index (χ0n) is 9.65. The number of likely N-dealkylation sites (tertiary alicyclic amines) is 1. The van der Waals surface area contributed by atoms with Gasteiger partial charge in [0.05, 0.1) is 11.5 Å². The Morgan fingerprint density at radius 2 is 2.19 bits per heavy atom. The number of carbonyl (C=O) groups is 2.